The van der Waals surface area contributed by atoms with Crippen LogP contribution in [0.5, 0.6) is 0 Å². The van der Waals surface area contributed by atoms with Gasteiger partial charge in [0, 0.05) is 15.9 Å². The Morgan fingerprint density at radius 1 is 1.29 bits per heavy atom. The fourth-order valence-corrected chi connectivity index (χ4v) is 5.01. The topological polar surface area (TPSA) is 59.1 Å². The molecule has 108 valence electrons. The van der Waals surface area contributed by atoms with Gasteiger partial charge in [0.1, 0.15) is 4.21 Å². The molecule has 0 fully saturated rings. The number of pyridine rings is 1. The molecule has 0 aliphatic rings. The van der Waals surface area contributed by atoms with Gasteiger partial charge in [-0.2, -0.15) is 0 Å². The second kappa shape index (κ2) is 5.29. The van der Waals surface area contributed by atoms with Gasteiger partial charge in [0.15, 0.2) is 0 Å². The molecule has 0 aliphatic heterocycles. The monoisotopic (exact) mass is 338 g/mol. The molecule has 1 N–H and O–H groups in total. The summed E-state index contributed by atoms with van der Waals surface area (Å²) in [5.74, 6) is 0. The summed E-state index contributed by atoms with van der Waals surface area (Å²) in [6.45, 7) is 1.78. The maximum Gasteiger partial charge on any atom is 0.271 e. The molecule has 1 aromatic carbocycles. The van der Waals surface area contributed by atoms with Gasteiger partial charge in [0.25, 0.3) is 10.0 Å². The number of aromatic nitrogens is 1. The number of nitrogens with one attached hydrogen (secondary N) is 1. The van der Waals surface area contributed by atoms with Crippen LogP contribution in [-0.4, -0.2) is 13.4 Å². The van der Waals surface area contributed by atoms with E-state index in [1.165, 1.54) is 17.5 Å². The Bertz CT molecular complexity index is 905. The zero-order valence-electron chi connectivity index (χ0n) is 11.0. The molecule has 0 radical (unpaired) electrons. The third-order valence-corrected chi connectivity index (χ3v) is 6.52. The molecule has 0 aliphatic carbocycles. The highest BCUT2D eigenvalue weighted by molar-refractivity contribution is 7.94. The Labute approximate surface area is 131 Å². The van der Waals surface area contributed by atoms with Crippen molar-refractivity contribution in [2.24, 2.45) is 0 Å². The summed E-state index contributed by atoms with van der Waals surface area (Å²) in [6, 6.07) is 8.70. The summed E-state index contributed by atoms with van der Waals surface area (Å²) < 4.78 is 28.8. The summed E-state index contributed by atoms with van der Waals surface area (Å²) in [5, 5.41) is 1.45. The van der Waals surface area contributed by atoms with Gasteiger partial charge >= 0.3 is 0 Å². The predicted molar refractivity (Wildman–Crippen MR) is 86.6 cm³/mol. The number of benzene rings is 1. The quantitative estimate of drug-likeness (QED) is 0.783. The molecular formula is C14H11ClN2O2S2. The number of halogens is 1. The first-order valence-electron chi connectivity index (χ1n) is 6.09. The fourth-order valence-electron chi connectivity index (χ4n) is 2.05. The predicted octanol–water partition coefficient (Wildman–Crippen LogP) is 4.06. The third kappa shape index (κ3) is 2.74. The first kappa shape index (κ1) is 14.3. The van der Waals surface area contributed by atoms with E-state index in [1.54, 1.807) is 37.4 Å². The highest BCUT2D eigenvalue weighted by Crippen LogP contribution is 2.36. The minimum atomic E-state index is -3.63. The van der Waals surface area contributed by atoms with Crippen LogP contribution in [-0.2, 0) is 10.0 Å². The zero-order chi connectivity index (χ0) is 15.0. The second-order valence-corrected chi connectivity index (χ2v) is 7.87. The van der Waals surface area contributed by atoms with Crippen LogP contribution in [0.3, 0.4) is 0 Å². The lowest BCUT2D eigenvalue weighted by Crippen LogP contribution is -2.12. The minimum absolute atomic E-state index is 0.295. The van der Waals surface area contributed by atoms with Crippen LogP contribution >= 0.6 is 22.9 Å². The van der Waals surface area contributed by atoms with E-state index in [-0.39, 0.29) is 0 Å². The zero-order valence-corrected chi connectivity index (χ0v) is 13.4. The lowest BCUT2D eigenvalue weighted by molar-refractivity contribution is 0.603. The molecule has 0 saturated heterocycles. The molecule has 3 rings (SSSR count). The molecule has 0 saturated carbocycles. The number of fused-ring (bicyclic) bond motifs is 1. The summed E-state index contributed by atoms with van der Waals surface area (Å²) in [5.41, 5.74) is 1.14. The summed E-state index contributed by atoms with van der Waals surface area (Å²) in [6.07, 6.45) is 3.06. The Hall–Kier alpha value is -1.63. The van der Waals surface area contributed by atoms with Crippen molar-refractivity contribution >= 4 is 48.7 Å². The third-order valence-electron chi connectivity index (χ3n) is 3.01. The number of sulfonamides is 1. The van der Waals surface area contributed by atoms with Crippen molar-refractivity contribution < 1.29 is 8.42 Å². The lowest BCUT2D eigenvalue weighted by atomic mass is 10.2. The molecule has 0 atom stereocenters. The SMILES string of the molecule is Cc1c(S(=O)(=O)Nc2cccnc2)sc2ccc(Cl)cc12. The van der Waals surface area contributed by atoms with Gasteiger partial charge in [-0.05, 0) is 48.2 Å². The van der Waals surface area contributed by atoms with Crippen molar-refractivity contribution in [2.45, 2.75) is 11.1 Å². The van der Waals surface area contributed by atoms with Crippen LogP contribution in [0.15, 0.2) is 46.9 Å². The van der Waals surface area contributed by atoms with Gasteiger partial charge in [0.2, 0.25) is 0 Å². The van der Waals surface area contributed by atoms with Gasteiger partial charge in [-0.1, -0.05) is 11.6 Å². The number of thiophene rings is 1. The molecule has 0 amide bonds. The minimum Gasteiger partial charge on any atom is -0.277 e. The Morgan fingerprint density at radius 3 is 2.81 bits per heavy atom. The molecule has 0 spiro atoms. The van der Waals surface area contributed by atoms with Crippen molar-refractivity contribution in [1.29, 1.82) is 0 Å². The van der Waals surface area contributed by atoms with Crippen LogP contribution in [0.1, 0.15) is 5.56 Å². The number of hydrogen-bond donors (Lipinski definition) is 1. The molecule has 4 nitrogen and oxygen atoms in total. The van der Waals surface area contributed by atoms with Gasteiger partial charge in [0.05, 0.1) is 11.9 Å². The molecule has 2 aromatic heterocycles. The number of nitrogens with zero attached hydrogens (tertiary/aromatic N) is 1. The van der Waals surface area contributed by atoms with E-state index in [4.69, 9.17) is 11.6 Å². The van der Waals surface area contributed by atoms with Gasteiger partial charge in [-0.15, -0.1) is 11.3 Å². The van der Waals surface area contributed by atoms with E-state index in [1.807, 2.05) is 6.07 Å². The van der Waals surface area contributed by atoms with E-state index in [2.05, 4.69) is 9.71 Å². The first-order valence-corrected chi connectivity index (χ1v) is 8.76. The van der Waals surface area contributed by atoms with Crippen molar-refractivity contribution in [2.75, 3.05) is 4.72 Å². The van der Waals surface area contributed by atoms with Crippen LogP contribution in [0.2, 0.25) is 5.02 Å². The maximum absolute atomic E-state index is 12.5. The number of aryl methyl sites for hydroxylation is 1. The smallest absolute Gasteiger partial charge is 0.271 e. The van der Waals surface area contributed by atoms with Gasteiger partial charge in [-0.3, -0.25) is 9.71 Å². The lowest BCUT2D eigenvalue weighted by Gasteiger charge is -2.06. The highest BCUT2D eigenvalue weighted by Gasteiger charge is 2.22. The van der Waals surface area contributed by atoms with Gasteiger partial charge < -0.3 is 0 Å². The van der Waals surface area contributed by atoms with Crippen LogP contribution in [0.25, 0.3) is 10.1 Å². The second-order valence-electron chi connectivity index (χ2n) is 4.50. The molecule has 0 bridgehead atoms. The summed E-state index contributed by atoms with van der Waals surface area (Å²) in [4.78, 5) is 3.90. The van der Waals surface area contributed by atoms with Crippen LogP contribution in [0.4, 0.5) is 5.69 Å². The molecule has 0 unspecified atom stereocenters. The van der Waals surface area contributed by atoms with Crippen LogP contribution < -0.4 is 4.72 Å². The van der Waals surface area contributed by atoms with Crippen LogP contribution in [0, 0.1) is 6.92 Å². The normalized spacial score (nSPS) is 11.7. The summed E-state index contributed by atoms with van der Waals surface area (Å²) in [7, 11) is -3.63. The number of rotatable bonds is 3. The number of anilines is 1. The van der Waals surface area contributed by atoms with E-state index < -0.39 is 10.0 Å². The molecule has 2 heterocycles. The number of hydrogen-bond acceptors (Lipinski definition) is 4. The summed E-state index contributed by atoms with van der Waals surface area (Å²) >= 11 is 7.20. The largest absolute Gasteiger partial charge is 0.277 e. The fraction of sp³-hybridized carbons (Fsp3) is 0.0714. The highest BCUT2D eigenvalue weighted by atomic mass is 35.5. The van der Waals surface area contributed by atoms with Gasteiger partial charge in [-0.25, -0.2) is 8.42 Å². The Kier molecular flexibility index (Phi) is 3.61. The van der Waals surface area contributed by atoms with Crippen molar-refractivity contribution in [3.05, 3.63) is 53.3 Å². The molecule has 3 aromatic rings. The van der Waals surface area contributed by atoms with Crippen molar-refractivity contribution in [3.63, 3.8) is 0 Å². The first-order chi connectivity index (χ1) is 9.97. The average Bonchev–Trinajstić information content (AvgIpc) is 2.77. The Morgan fingerprint density at radius 2 is 2.10 bits per heavy atom. The van der Waals surface area contributed by atoms with E-state index in [9.17, 15) is 8.42 Å². The average molecular weight is 339 g/mol. The van der Waals surface area contributed by atoms with E-state index >= 15 is 0 Å². The maximum atomic E-state index is 12.5. The van der Waals surface area contributed by atoms with E-state index in [0.29, 0.717) is 20.5 Å². The standard InChI is InChI=1S/C14H11ClN2O2S2/c1-9-12-7-10(15)4-5-13(12)20-14(9)21(18,19)17-11-3-2-6-16-8-11/h2-8,17H,1H3. The van der Waals surface area contributed by atoms with Crippen molar-refractivity contribution in [3.8, 4) is 0 Å². The van der Waals surface area contributed by atoms with Crippen molar-refractivity contribution in [1.82, 2.24) is 4.98 Å². The Balaban J connectivity index is 2.09. The molecule has 7 heteroatoms. The van der Waals surface area contributed by atoms with E-state index in [0.717, 1.165) is 10.1 Å². The molecular weight excluding hydrogens is 328 g/mol. The molecule has 21 heavy (non-hydrogen) atoms.